The minimum Gasteiger partial charge on any atom is -0.454 e. The number of halogens is 3. The smallest absolute Gasteiger partial charge is 0.419 e. The second kappa shape index (κ2) is 6.14. The Bertz CT molecular complexity index is 630. The number of rotatable bonds is 5. The normalized spacial score (nSPS) is 19.0. The highest BCUT2D eigenvalue weighted by molar-refractivity contribution is 5.78. The van der Waals surface area contributed by atoms with Crippen molar-refractivity contribution in [2.24, 2.45) is 0 Å². The van der Waals surface area contributed by atoms with Crippen LogP contribution in [0.2, 0.25) is 0 Å². The molecule has 0 aliphatic carbocycles. The fourth-order valence-electron chi connectivity index (χ4n) is 2.72. The second-order valence-corrected chi connectivity index (χ2v) is 5.81. The summed E-state index contributed by atoms with van der Waals surface area (Å²) < 4.78 is 53.6. The zero-order valence-electron chi connectivity index (χ0n) is 13.0. The third-order valence-corrected chi connectivity index (χ3v) is 4.16. The standard InChI is InChI=1S/C15H17F3N2O4/c1-22-14(15(16,17)18)7-20(8-14)6-13(21)19-5-10-2-3-11-12(4-10)24-9-23-11/h2-4H,5-9H2,1H3,(H,19,21). The molecular weight excluding hydrogens is 329 g/mol. The molecule has 1 amide bonds. The number of carbonyl (C=O) groups is 1. The van der Waals surface area contributed by atoms with Gasteiger partial charge in [0.05, 0.1) is 6.54 Å². The van der Waals surface area contributed by atoms with Gasteiger partial charge in [0.25, 0.3) is 0 Å². The Kier molecular flexibility index (Phi) is 4.31. The summed E-state index contributed by atoms with van der Waals surface area (Å²) in [5.74, 6) is 0.910. The zero-order valence-corrected chi connectivity index (χ0v) is 13.0. The summed E-state index contributed by atoms with van der Waals surface area (Å²) in [5.41, 5.74) is -1.34. The Morgan fingerprint density at radius 1 is 1.33 bits per heavy atom. The maximum absolute atomic E-state index is 12.9. The highest BCUT2D eigenvalue weighted by Crippen LogP contribution is 2.40. The summed E-state index contributed by atoms with van der Waals surface area (Å²) in [6, 6.07) is 5.29. The van der Waals surface area contributed by atoms with Gasteiger partial charge in [-0.05, 0) is 17.7 Å². The molecule has 1 N–H and O–H groups in total. The van der Waals surface area contributed by atoms with Crippen LogP contribution in [0.25, 0.3) is 0 Å². The molecule has 0 spiro atoms. The third-order valence-electron chi connectivity index (χ3n) is 4.16. The maximum Gasteiger partial charge on any atom is 0.419 e. The molecule has 1 fully saturated rings. The van der Waals surface area contributed by atoms with E-state index >= 15 is 0 Å². The quantitative estimate of drug-likeness (QED) is 0.871. The van der Waals surface area contributed by atoms with Gasteiger partial charge in [-0.3, -0.25) is 9.69 Å². The van der Waals surface area contributed by atoms with Crippen molar-refractivity contribution in [2.75, 3.05) is 33.5 Å². The van der Waals surface area contributed by atoms with E-state index in [9.17, 15) is 18.0 Å². The van der Waals surface area contributed by atoms with E-state index in [0.29, 0.717) is 11.5 Å². The Morgan fingerprint density at radius 2 is 2.04 bits per heavy atom. The molecule has 9 heteroatoms. The van der Waals surface area contributed by atoms with E-state index in [1.54, 1.807) is 18.2 Å². The van der Waals surface area contributed by atoms with Crippen LogP contribution in [0, 0.1) is 0 Å². The first kappa shape index (κ1) is 16.8. The molecule has 24 heavy (non-hydrogen) atoms. The molecule has 0 saturated carbocycles. The Hall–Kier alpha value is -2.00. The Labute approximate surface area is 136 Å². The molecule has 0 aromatic heterocycles. The Morgan fingerprint density at radius 3 is 2.71 bits per heavy atom. The number of fused-ring (bicyclic) bond motifs is 1. The number of hydrogen-bond acceptors (Lipinski definition) is 5. The monoisotopic (exact) mass is 346 g/mol. The second-order valence-electron chi connectivity index (χ2n) is 5.81. The maximum atomic E-state index is 12.9. The lowest BCUT2D eigenvalue weighted by atomic mass is 9.93. The SMILES string of the molecule is COC1(C(F)(F)F)CN(CC(=O)NCc2ccc3c(c2)OCO3)C1. The number of ether oxygens (including phenoxy) is 3. The average Bonchev–Trinajstić information content (AvgIpc) is 2.94. The predicted molar refractivity (Wildman–Crippen MR) is 76.6 cm³/mol. The van der Waals surface area contributed by atoms with Gasteiger partial charge in [0.15, 0.2) is 17.1 Å². The number of amides is 1. The first-order valence-electron chi connectivity index (χ1n) is 7.32. The molecule has 2 aliphatic rings. The molecule has 1 aromatic rings. The van der Waals surface area contributed by atoms with Crippen LogP contribution in [0.3, 0.4) is 0 Å². The van der Waals surface area contributed by atoms with Gasteiger partial charge in [0.2, 0.25) is 12.7 Å². The van der Waals surface area contributed by atoms with Gasteiger partial charge in [-0.1, -0.05) is 6.07 Å². The molecule has 3 rings (SSSR count). The number of carbonyl (C=O) groups excluding carboxylic acids is 1. The van der Waals surface area contributed by atoms with Crippen molar-refractivity contribution in [3.63, 3.8) is 0 Å². The van der Waals surface area contributed by atoms with E-state index in [1.165, 1.54) is 4.90 Å². The molecule has 0 radical (unpaired) electrons. The fraction of sp³-hybridized carbons (Fsp3) is 0.533. The number of nitrogens with one attached hydrogen (secondary N) is 1. The van der Waals surface area contributed by atoms with Crippen LogP contribution in [0.15, 0.2) is 18.2 Å². The summed E-state index contributed by atoms with van der Waals surface area (Å²) in [6.45, 7) is -0.362. The van der Waals surface area contributed by atoms with Crippen molar-refractivity contribution >= 4 is 5.91 Å². The number of alkyl halides is 3. The van der Waals surface area contributed by atoms with Crippen LogP contribution < -0.4 is 14.8 Å². The lowest BCUT2D eigenvalue weighted by Gasteiger charge is -2.49. The van der Waals surface area contributed by atoms with Gasteiger partial charge in [0.1, 0.15) is 0 Å². The minimum atomic E-state index is -4.44. The van der Waals surface area contributed by atoms with E-state index in [4.69, 9.17) is 9.47 Å². The van der Waals surface area contributed by atoms with Crippen LogP contribution in [0.5, 0.6) is 11.5 Å². The van der Waals surface area contributed by atoms with Crippen LogP contribution >= 0.6 is 0 Å². The largest absolute Gasteiger partial charge is 0.454 e. The molecule has 2 heterocycles. The topological polar surface area (TPSA) is 60.0 Å². The molecule has 1 aromatic carbocycles. The molecule has 132 valence electrons. The van der Waals surface area contributed by atoms with E-state index in [1.807, 2.05) is 0 Å². The average molecular weight is 346 g/mol. The Balaban J connectivity index is 1.46. The van der Waals surface area contributed by atoms with Crippen molar-refractivity contribution in [2.45, 2.75) is 18.3 Å². The van der Waals surface area contributed by atoms with Crippen LogP contribution in [-0.2, 0) is 16.1 Å². The number of nitrogens with zero attached hydrogens (tertiary/aromatic N) is 1. The first-order chi connectivity index (χ1) is 11.3. The van der Waals surface area contributed by atoms with Crippen LogP contribution in [0.4, 0.5) is 13.2 Å². The van der Waals surface area contributed by atoms with Crippen molar-refractivity contribution in [3.05, 3.63) is 23.8 Å². The summed E-state index contributed by atoms with van der Waals surface area (Å²) >= 11 is 0. The van der Waals surface area contributed by atoms with Gasteiger partial charge in [-0.15, -0.1) is 0 Å². The fourth-order valence-corrected chi connectivity index (χ4v) is 2.72. The molecule has 1 saturated heterocycles. The number of benzene rings is 1. The van der Waals surface area contributed by atoms with Gasteiger partial charge in [-0.25, -0.2) is 0 Å². The van der Waals surface area contributed by atoms with Crippen LogP contribution in [-0.4, -0.2) is 56.1 Å². The minimum absolute atomic E-state index is 0.105. The molecular formula is C15H17F3N2O4. The lowest BCUT2D eigenvalue weighted by molar-refractivity contribution is -0.309. The van der Waals surface area contributed by atoms with E-state index in [-0.39, 0.29) is 38.9 Å². The molecule has 0 unspecified atom stereocenters. The van der Waals surface area contributed by atoms with Gasteiger partial charge in [-0.2, -0.15) is 13.2 Å². The van der Waals surface area contributed by atoms with Gasteiger partial charge < -0.3 is 19.5 Å². The molecule has 6 nitrogen and oxygen atoms in total. The number of hydrogen-bond donors (Lipinski definition) is 1. The summed E-state index contributed by atoms with van der Waals surface area (Å²) in [7, 11) is 1.03. The van der Waals surface area contributed by atoms with Crippen molar-refractivity contribution in [3.8, 4) is 11.5 Å². The molecule has 2 aliphatic heterocycles. The predicted octanol–water partition coefficient (Wildman–Crippen LogP) is 1.29. The van der Waals surface area contributed by atoms with Crippen molar-refractivity contribution in [1.82, 2.24) is 10.2 Å². The molecule has 0 atom stereocenters. The van der Waals surface area contributed by atoms with Crippen molar-refractivity contribution < 1.29 is 32.2 Å². The van der Waals surface area contributed by atoms with E-state index in [2.05, 4.69) is 10.1 Å². The summed E-state index contributed by atoms with van der Waals surface area (Å²) in [5, 5.41) is 2.67. The van der Waals surface area contributed by atoms with Crippen LogP contribution in [0.1, 0.15) is 5.56 Å². The van der Waals surface area contributed by atoms with Gasteiger partial charge >= 0.3 is 6.18 Å². The van der Waals surface area contributed by atoms with Crippen molar-refractivity contribution in [1.29, 1.82) is 0 Å². The summed E-state index contributed by atoms with van der Waals surface area (Å²) in [6.07, 6.45) is -4.44. The lowest BCUT2D eigenvalue weighted by Crippen LogP contribution is -2.70. The van der Waals surface area contributed by atoms with Gasteiger partial charge in [0, 0.05) is 26.7 Å². The molecule has 0 bridgehead atoms. The van der Waals surface area contributed by atoms with E-state index in [0.717, 1.165) is 12.7 Å². The highest BCUT2D eigenvalue weighted by atomic mass is 19.4. The summed E-state index contributed by atoms with van der Waals surface area (Å²) in [4.78, 5) is 13.3. The highest BCUT2D eigenvalue weighted by Gasteiger charge is 2.62. The first-order valence-corrected chi connectivity index (χ1v) is 7.32. The zero-order chi connectivity index (χ0) is 17.4. The van der Waals surface area contributed by atoms with E-state index < -0.39 is 11.8 Å². The third kappa shape index (κ3) is 3.13. The number of methoxy groups -OCH3 is 1. The number of likely N-dealkylation sites (tertiary alicyclic amines) is 1.